The number of amides is 1. The zero-order valence-electron chi connectivity index (χ0n) is 13.6. The highest BCUT2D eigenvalue weighted by Gasteiger charge is 2.28. The van der Waals surface area contributed by atoms with E-state index in [1.807, 2.05) is 0 Å². The van der Waals surface area contributed by atoms with Gasteiger partial charge in [-0.3, -0.25) is 9.59 Å². The summed E-state index contributed by atoms with van der Waals surface area (Å²) in [7, 11) is 0. The number of rotatable bonds is 8. The monoisotopic (exact) mass is 347 g/mol. The third kappa shape index (κ3) is 7.45. The van der Waals surface area contributed by atoms with Crippen molar-refractivity contribution >= 4 is 11.7 Å². The Morgan fingerprint density at radius 2 is 1.92 bits per heavy atom. The summed E-state index contributed by atoms with van der Waals surface area (Å²) in [5.41, 5.74) is 0.453. The Labute approximate surface area is 138 Å². The van der Waals surface area contributed by atoms with Crippen LogP contribution in [0.3, 0.4) is 0 Å². The maximum Gasteiger partial charge on any atom is 0.411 e. The number of ether oxygens (including phenoxy) is 2. The fourth-order valence-electron chi connectivity index (χ4n) is 1.80. The van der Waals surface area contributed by atoms with Gasteiger partial charge >= 0.3 is 6.18 Å². The minimum absolute atomic E-state index is 0.131. The van der Waals surface area contributed by atoms with Crippen LogP contribution in [-0.2, 0) is 9.53 Å². The molecule has 0 heterocycles. The lowest BCUT2D eigenvalue weighted by Gasteiger charge is -2.19. The molecular formula is C16H20F3NO4. The van der Waals surface area contributed by atoms with Crippen LogP contribution in [0, 0.1) is 0 Å². The number of carbonyl (C=O) groups excluding carboxylic acids is 2. The molecular weight excluding hydrogens is 327 g/mol. The molecule has 0 aliphatic heterocycles. The summed E-state index contributed by atoms with van der Waals surface area (Å²) in [5, 5.41) is 2.50. The maximum absolute atomic E-state index is 12.0. The molecule has 1 amide bonds. The van der Waals surface area contributed by atoms with Crippen LogP contribution in [0.15, 0.2) is 24.3 Å². The minimum atomic E-state index is -4.40. The van der Waals surface area contributed by atoms with Gasteiger partial charge in [0.15, 0.2) is 11.9 Å². The Morgan fingerprint density at radius 1 is 1.25 bits per heavy atom. The van der Waals surface area contributed by atoms with E-state index in [0.717, 1.165) is 0 Å². The predicted octanol–water partition coefficient (Wildman–Crippen LogP) is 2.74. The molecule has 1 aromatic rings. The number of Topliss-reactive ketones (excluding diaryl/α,β-unsaturated/α-hetero) is 1. The first-order valence-corrected chi connectivity index (χ1v) is 7.31. The average molecular weight is 347 g/mol. The molecule has 0 aliphatic carbocycles. The van der Waals surface area contributed by atoms with Crippen LogP contribution in [0.1, 0.15) is 31.1 Å². The molecule has 5 nitrogen and oxygen atoms in total. The van der Waals surface area contributed by atoms with E-state index < -0.39 is 30.8 Å². The average Bonchev–Trinajstić information content (AvgIpc) is 2.45. The largest absolute Gasteiger partial charge is 0.481 e. The van der Waals surface area contributed by atoms with Crippen molar-refractivity contribution in [3.63, 3.8) is 0 Å². The zero-order valence-corrected chi connectivity index (χ0v) is 13.6. The topological polar surface area (TPSA) is 64.6 Å². The molecule has 1 rings (SSSR count). The van der Waals surface area contributed by atoms with Gasteiger partial charge in [-0.05, 0) is 32.9 Å². The van der Waals surface area contributed by atoms with Crippen LogP contribution in [-0.4, -0.2) is 43.2 Å². The van der Waals surface area contributed by atoms with Crippen molar-refractivity contribution < 1.29 is 32.2 Å². The highest BCUT2D eigenvalue weighted by Crippen LogP contribution is 2.16. The van der Waals surface area contributed by atoms with Crippen LogP contribution in [0.5, 0.6) is 5.75 Å². The van der Waals surface area contributed by atoms with Crippen LogP contribution < -0.4 is 10.1 Å². The first kappa shape index (κ1) is 20.0. The highest BCUT2D eigenvalue weighted by molar-refractivity contribution is 5.94. The normalized spacial score (nSPS) is 13.9. The van der Waals surface area contributed by atoms with Crippen molar-refractivity contribution in [3.8, 4) is 5.75 Å². The van der Waals surface area contributed by atoms with Crippen molar-refractivity contribution in [2.75, 3.05) is 13.2 Å². The molecule has 0 saturated heterocycles. The Bertz CT molecular complexity index is 575. The van der Waals surface area contributed by atoms with Gasteiger partial charge < -0.3 is 14.8 Å². The molecule has 0 unspecified atom stereocenters. The second kappa shape index (κ2) is 8.68. The van der Waals surface area contributed by atoms with Crippen LogP contribution in [0.25, 0.3) is 0 Å². The van der Waals surface area contributed by atoms with Crippen molar-refractivity contribution in [3.05, 3.63) is 29.8 Å². The molecule has 1 aromatic carbocycles. The maximum atomic E-state index is 12.0. The summed E-state index contributed by atoms with van der Waals surface area (Å²) in [5.74, 6) is -0.273. The summed E-state index contributed by atoms with van der Waals surface area (Å²) in [6.07, 6.45) is -5.28. The molecule has 0 bridgehead atoms. The smallest absolute Gasteiger partial charge is 0.411 e. The number of nitrogens with one attached hydrogen (secondary N) is 1. The van der Waals surface area contributed by atoms with Gasteiger partial charge in [-0.15, -0.1) is 0 Å². The third-order valence-electron chi connectivity index (χ3n) is 2.94. The Hall–Kier alpha value is -2.09. The Morgan fingerprint density at radius 3 is 2.50 bits per heavy atom. The number of hydrogen-bond acceptors (Lipinski definition) is 4. The van der Waals surface area contributed by atoms with E-state index in [1.165, 1.54) is 26.8 Å². The van der Waals surface area contributed by atoms with E-state index >= 15 is 0 Å². The summed E-state index contributed by atoms with van der Waals surface area (Å²) in [6, 6.07) is 5.77. The lowest BCUT2D eigenvalue weighted by molar-refractivity contribution is -0.175. The van der Waals surface area contributed by atoms with Gasteiger partial charge in [-0.2, -0.15) is 13.2 Å². The molecule has 0 radical (unpaired) electrons. The van der Waals surface area contributed by atoms with Crippen LogP contribution >= 0.6 is 0 Å². The zero-order chi connectivity index (χ0) is 18.3. The summed E-state index contributed by atoms with van der Waals surface area (Å²) < 4.78 is 45.8. The molecule has 0 aromatic heterocycles. The number of ketones is 1. The second-order valence-corrected chi connectivity index (χ2v) is 5.38. The van der Waals surface area contributed by atoms with E-state index in [1.54, 1.807) is 18.2 Å². The lowest BCUT2D eigenvalue weighted by Crippen LogP contribution is -2.43. The molecule has 8 heteroatoms. The Balaban J connectivity index is 2.47. The van der Waals surface area contributed by atoms with Gasteiger partial charge in [-0.1, -0.05) is 12.1 Å². The number of halogens is 3. The molecule has 0 spiro atoms. The standard InChI is InChI=1S/C16H20F3NO4/c1-10(8-23-9-16(17,18)19)20-15(22)12(3)24-14-6-4-5-13(7-14)11(2)21/h4-7,10,12H,8-9H2,1-3H3,(H,20,22)/t10-,12+/m1/s1. The number of alkyl halides is 3. The van der Waals surface area contributed by atoms with Gasteiger partial charge in [0.2, 0.25) is 0 Å². The van der Waals surface area contributed by atoms with E-state index in [4.69, 9.17) is 4.74 Å². The number of hydrogen-bond donors (Lipinski definition) is 1. The van der Waals surface area contributed by atoms with Crippen molar-refractivity contribution in [2.24, 2.45) is 0 Å². The molecule has 2 atom stereocenters. The molecule has 0 aliphatic rings. The second-order valence-electron chi connectivity index (χ2n) is 5.38. The van der Waals surface area contributed by atoms with E-state index in [0.29, 0.717) is 11.3 Å². The Kier molecular flexibility index (Phi) is 7.21. The third-order valence-corrected chi connectivity index (χ3v) is 2.94. The molecule has 1 N–H and O–H groups in total. The SMILES string of the molecule is CC(=O)c1cccc(O[C@@H](C)C(=O)N[C@H](C)COCC(F)(F)F)c1. The van der Waals surface area contributed by atoms with E-state index in [-0.39, 0.29) is 12.4 Å². The summed E-state index contributed by atoms with van der Waals surface area (Å²) >= 11 is 0. The van der Waals surface area contributed by atoms with Crippen LogP contribution in [0.2, 0.25) is 0 Å². The van der Waals surface area contributed by atoms with Gasteiger partial charge in [0.25, 0.3) is 5.91 Å². The van der Waals surface area contributed by atoms with Gasteiger partial charge in [0, 0.05) is 11.6 Å². The van der Waals surface area contributed by atoms with E-state index in [2.05, 4.69) is 10.1 Å². The van der Waals surface area contributed by atoms with Crippen molar-refractivity contribution in [2.45, 2.75) is 39.1 Å². The minimum Gasteiger partial charge on any atom is -0.481 e. The van der Waals surface area contributed by atoms with Crippen LogP contribution in [0.4, 0.5) is 13.2 Å². The summed E-state index contributed by atoms with van der Waals surface area (Å²) in [4.78, 5) is 23.3. The van der Waals surface area contributed by atoms with Gasteiger partial charge in [0.05, 0.1) is 6.61 Å². The predicted molar refractivity (Wildman–Crippen MR) is 81.0 cm³/mol. The van der Waals surface area contributed by atoms with Gasteiger partial charge in [-0.25, -0.2) is 0 Å². The highest BCUT2D eigenvalue weighted by atomic mass is 19.4. The molecule has 0 fully saturated rings. The van der Waals surface area contributed by atoms with E-state index in [9.17, 15) is 22.8 Å². The lowest BCUT2D eigenvalue weighted by atomic mass is 10.1. The number of benzene rings is 1. The number of carbonyl (C=O) groups is 2. The van der Waals surface area contributed by atoms with Gasteiger partial charge in [0.1, 0.15) is 12.4 Å². The fraction of sp³-hybridized carbons (Fsp3) is 0.500. The molecule has 0 saturated carbocycles. The van der Waals surface area contributed by atoms with Crippen molar-refractivity contribution in [1.29, 1.82) is 0 Å². The quantitative estimate of drug-likeness (QED) is 0.735. The molecule has 134 valence electrons. The fourth-order valence-corrected chi connectivity index (χ4v) is 1.80. The van der Waals surface area contributed by atoms with Crippen molar-refractivity contribution in [1.82, 2.24) is 5.32 Å². The molecule has 24 heavy (non-hydrogen) atoms. The first-order valence-electron chi connectivity index (χ1n) is 7.31. The summed E-state index contributed by atoms with van der Waals surface area (Å²) in [6.45, 7) is 2.81. The first-order chi connectivity index (χ1) is 11.1.